The summed E-state index contributed by atoms with van der Waals surface area (Å²) in [4.78, 5) is 20.3. The van der Waals surface area contributed by atoms with Gasteiger partial charge in [0.15, 0.2) is 23.2 Å². The molecule has 0 bridgehead atoms. The first-order valence-corrected chi connectivity index (χ1v) is 9.93. The van der Waals surface area contributed by atoms with Crippen molar-refractivity contribution in [3.8, 4) is 0 Å². The van der Waals surface area contributed by atoms with Crippen LogP contribution in [0.3, 0.4) is 0 Å². The number of aryl methyl sites for hydroxylation is 3. The number of nitrogens with one attached hydrogen (secondary N) is 1. The first-order chi connectivity index (χ1) is 13.4. The van der Waals surface area contributed by atoms with Crippen molar-refractivity contribution in [2.75, 3.05) is 25.5 Å². The Balaban J connectivity index is 1.81. The van der Waals surface area contributed by atoms with Crippen molar-refractivity contribution < 1.29 is 0 Å². The van der Waals surface area contributed by atoms with Crippen LogP contribution in [0.2, 0.25) is 0 Å². The molecule has 0 spiro atoms. The highest BCUT2D eigenvalue weighted by Gasteiger charge is 2.16. The molecule has 1 fully saturated rings. The first-order valence-electron chi connectivity index (χ1n) is 9.93. The summed E-state index contributed by atoms with van der Waals surface area (Å²) in [6.45, 7) is 10.1. The van der Waals surface area contributed by atoms with Crippen LogP contribution in [0, 0.1) is 13.8 Å². The minimum atomic E-state index is 0.251. The van der Waals surface area contributed by atoms with Crippen LogP contribution in [-0.4, -0.2) is 62.5 Å². The second-order valence-corrected chi connectivity index (χ2v) is 7.50. The molecule has 9 nitrogen and oxygen atoms in total. The third-order valence-corrected chi connectivity index (χ3v) is 4.91. The van der Waals surface area contributed by atoms with Gasteiger partial charge in [-0.1, -0.05) is 0 Å². The van der Waals surface area contributed by atoms with E-state index in [9.17, 15) is 0 Å². The van der Waals surface area contributed by atoms with E-state index < -0.39 is 0 Å². The van der Waals surface area contributed by atoms with Gasteiger partial charge in [-0.05, 0) is 40.5 Å². The summed E-state index contributed by atoms with van der Waals surface area (Å²) < 4.78 is 1.87. The first kappa shape index (κ1) is 20.0. The Bertz CT molecular complexity index is 888. The SMILES string of the molecule is CN=C(CCc1nc(NC(C)C)c2nc(C)c(C)n2n1)N=C(N)N1CCCC1. The molecule has 0 amide bonds. The van der Waals surface area contributed by atoms with E-state index in [0.29, 0.717) is 24.6 Å². The molecular formula is C19H31N9. The average Bonchev–Trinajstić information content (AvgIpc) is 3.28. The second-order valence-electron chi connectivity index (χ2n) is 7.50. The van der Waals surface area contributed by atoms with Crippen molar-refractivity contribution in [3.05, 3.63) is 17.2 Å². The quantitative estimate of drug-likeness (QED) is 0.601. The summed E-state index contributed by atoms with van der Waals surface area (Å²) in [5.41, 5.74) is 8.87. The van der Waals surface area contributed by atoms with E-state index >= 15 is 0 Å². The van der Waals surface area contributed by atoms with Crippen molar-refractivity contribution >= 4 is 23.3 Å². The molecule has 0 atom stereocenters. The third-order valence-electron chi connectivity index (χ3n) is 4.91. The Hall–Kier alpha value is -2.71. The summed E-state index contributed by atoms with van der Waals surface area (Å²) in [6, 6.07) is 0.251. The normalized spacial score (nSPS) is 15.9. The lowest BCUT2D eigenvalue weighted by atomic mass is 10.3. The van der Waals surface area contributed by atoms with Crippen molar-refractivity contribution in [2.45, 2.75) is 59.4 Å². The zero-order valence-corrected chi connectivity index (χ0v) is 17.5. The van der Waals surface area contributed by atoms with Gasteiger partial charge in [-0.3, -0.25) is 4.99 Å². The number of hydrogen-bond acceptors (Lipinski definition) is 5. The van der Waals surface area contributed by atoms with Crippen LogP contribution in [0.15, 0.2) is 9.98 Å². The van der Waals surface area contributed by atoms with Crippen molar-refractivity contribution in [1.82, 2.24) is 24.5 Å². The molecule has 3 heterocycles. The number of amidine groups is 1. The van der Waals surface area contributed by atoms with Crippen LogP contribution in [-0.2, 0) is 6.42 Å². The number of fused-ring (bicyclic) bond motifs is 1. The summed E-state index contributed by atoms with van der Waals surface area (Å²) in [7, 11) is 1.75. The molecule has 2 aromatic rings. The van der Waals surface area contributed by atoms with E-state index in [4.69, 9.17) is 10.7 Å². The fourth-order valence-corrected chi connectivity index (χ4v) is 3.26. The molecule has 0 saturated carbocycles. The van der Waals surface area contributed by atoms with Crippen molar-refractivity contribution in [2.24, 2.45) is 15.7 Å². The number of anilines is 1. The Labute approximate surface area is 166 Å². The molecule has 1 aliphatic heterocycles. The van der Waals surface area contributed by atoms with Gasteiger partial charge in [-0.25, -0.2) is 19.5 Å². The minimum Gasteiger partial charge on any atom is -0.369 e. The molecule has 0 unspecified atom stereocenters. The number of nitrogens with two attached hydrogens (primary N) is 1. The fraction of sp³-hybridized carbons (Fsp3) is 0.632. The second kappa shape index (κ2) is 8.53. The Morgan fingerprint density at radius 2 is 1.93 bits per heavy atom. The molecular weight excluding hydrogens is 354 g/mol. The van der Waals surface area contributed by atoms with Gasteiger partial charge in [-0.15, -0.1) is 0 Å². The largest absolute Gasteiger partial charge is 0.369 e. The van der Waals surface area contributed by atoms with Crippen LogP contribution >= 0.6 is 0 Å². The van der Waals surface area contributed by atoms with Gasteiger partial charge in [0, 0.05) is 39.0 Å². The van der Waals surface area contributed by atoms with E-state index in [1.807, 2.05) is 18.4 Å². The topological polar surface area (TPSA) is 109 Å². The maximum atomic E-state index is 6.14. The zero-order valence-electron chi connectivity index (χ0n) is 17.5. The monoisotopic (exact) mass is 385 g/mol. The molecule has 1 aliphatic rings. The molecule has 28 heavy (non-hydrogen) atoms. The number of aromatic nitrogens is 4. The molecule has 2 aromatic heterocycles. The zero-order chi connectivity index (χ0) is 20.3. The molecule has 9 heteroatoms. The number of likely N-dealkylation sites (tertiary alicyclic amines) is 1. The number of aliphatic imine (C=N–C) groups is 2. The van der Waals surface area contributed by atoms with Gasteiger partial charge in [-0.2, -0.15) is 5.10 Å². The molecule has 1 saturated heterocycles. The van der Waals surface area contributed by atoms with Crippen LogP contribution in [0.4, 0.5) is 5.82 Å². The highest BCUT2D eigenvalue weighted by atomic mass is 15.3. The van der Waals surface area contributed by atoms with Gasteiger partial charge >= 0.3 is 0 Å². The molecule has 3 rings (SSSR count). The summed E-state index contributed by atoms with van der Waals surface area (Å²) >= 11 is 0. The Morgan fingerprint density at radius 1 is 1.21 bits per heavy atom. The van der Waals surface area contributed by atoms with Gasteiger partial charge in [0.2, 0.25) is 0 Å². The number of hydrogen-bond donors (Lipinski definition) is 2. The number of nitrogens with zero attached hydrogens (tertiary/aromatic N) is 7. The van der Waals surface area contributed by atoms with E-state index in [1.54, 1.807) is 7.05 Å². The van der Waals surface area contributed by atoms with Gasteiger partial charge in [0.1, 0.15) is 5.84 Å². The lowest BCUT2D eigenvalue weighted by Gasteiger charge is -2.16. The highest BCUT2D eigenvalue weighted by molar-refractivity contribution is 5.95. The smallest absolute Gasteiger partial charge is 0.197 e. The Kier molecular flexibility index (Phi) is 6.11. The summed E-state index contributed by atoms with van der Waals surface area (Å²) in [5.74, 6) is 2.75. The van der Waals surface area contributed by atoms with Gasteiger partial charge < -0.3 is 16.0 Å². The summed E-state index contributed by atoms with van der Waals surface area (Å²) in [5, 5.41) is 8.07. The number of rotatable bonds is 5. The standard InChI is InChI=1S/C19H31N9/c1-12(2)22-17-18-23-13(3)14(4)28(18)26-16(24-17)9-8-15(21-5)25-19(20)27-10-6-7-11-27/h12H,6-11H2,1-5H3,(H2,20,21,25)(H,22,24,26). The van der Waals surface area contributed by atoms with E-state index in [1.165, 1.54) is 0 Å². The fourth-order valence-electron chi connectivity index (χ4n) is 3.26. The van der Waals surface area contributed by atoms with Crippen LogP contribution in [0.25, 0.3) is 5.65 Å². The number of guanidine groups is 1. The van der Waals surface area contributed by atoms with E-state index in [0.717, 1.165) is 54.6 Å². The molecule has 0 radical (unpaired) electrons. The molecule has 152 valence electrons. The van der Waals surface area contributed by atoms with Crippen LogP contribution < -0.4 is 11.1 Å². The molecule has 3 N–H and O–H groups in total. The van der Waals surface area contributed by atoms with Gasteiger partial charge in [0.05, 0.1) is 11.4 Å². The van der Waals surface area contributed by atoms with Crippen molar-refractivity contribution in [1.29, 1.82) is 0 Å². The minimum absolute atomic E-state index is 0.251. The van der Waals surface area contributed by atoms with Crippen LogP contribution in [0.1, 0.15) is 50.3 Å². The third kappa shape index (κ3) is 4.40. The van der Waals surface area contributed by atoms with Crippen LogP contribution in [0.5, 0.6) is 0 Å². The summed E-state index contributed by atoms with van der Waals surface area (Å²) in [6.07, 6.45) is 3.59. The number of imidazole rings is 1. The highest BCUT2D eigenvalue weighted by Crippen LogP contribution is 2.18. The Morgan fingerprint density at radius 3 is 2.57 bits per heavy atom. The molecule has 0 aromatic carbocycles. The lowest BCUT2D eigenvalue weighted by molar-refractivity contribution is 0.514. The maximum absolute atomic E-state index is 6.14. The van der Waals surface area contributed by atoms with Crippen molar-refractivity contribution in [3.63, 3.8) is 0 Å². The van der Waals surface area contributed by atoms with E-state index in [2.05, 4.69) is 44.1 Å². The predicted octanol–water partition coefficient (Wildman–Crippen LogP) is 1.93. The van der Waals surface area contributed by atoms with E-state index in [-0.39, 0.29) is 6.04 Å². The lowest BCUT2D eigenvalue weighted by Crippen LogP contribution is -2.35. The maximum Gasteiger partial charge on any atom is 0.197 e. The van der Waals surface area contributed by atoms with Gasteiger partial charge in [0.25, 0.3) is 0 Å². The average molecular weight is 386 g/mol. The molecule has 0 aliphatic carbocycles. The predicted molar refractivity (Wildman–Crippen MR) is 113 cm³/mol.